The summed E-state index contributed by atoms with van der Waals surface area (Å²) in [7, 11) is 0. The molecule has 0 fully saturated rings. The molecule has 0 radical (unpaired) electrons. The molecule has 0 aromatic carbocycles. The maximum Gasteiger partial charge on any atom is 0.258 e. The van der Waals surface area contributed by atoms with Crippen LogP contribution in [-0.4, -0.2) is 15.9 Å². The Morgan fingerprint density at radius 3 is 2.68 bits per heavy atom. The Labute approximate surface area is 118 Å². The summed E-state index contributed by atoms with van der Waals surface area (Å²) < 4.78 is 13.0. The summed E-state index contributed by atoms with van der Waals surface area (Å²) in [6.45, 7) is 1.76. The van der Waals surface area contributed by atoms with E-state index < -0.39 is 11.7 Å². The van der Waals surface area contributed by atoms with Gasteiger partial charge in [-0.25, -0.2) is 14.4 Å². The number of amides is 1. The van der Waals surface area contributed by atoms with Crippen molar-refractivity contribution in [2.75, 3.05) is 5.32 Å². The minimum Gasteiger partial charge on any atom is -0.320 e. The molecule has 0 saturated carbocycles. The largest absolute Gasteiger partial charge is 0.320 e. The number of aryl methyl sites for hydroxylation is 1. The molecule has 0 bridgehead atoms. The molecule has 19 heavy (non-hydrogen) atoms. The Morgan fingerprint density at radius 1 is 1.26 bits per heavy atom. The third-order valence-corrected chi connectivity index (χ3v) is 2.88. The maximum absolute atomic E-state index is 13.0. The summed E-state index contributed by atoms with van der Waals surface area (Å²) >= 11 is 11.5. The van der Waals surface area contributed by atoms with Crippen LogP contribution in [0.2, 0.25) is 10.3 Å². The highest BCUT2D eigenvalue weighted by Gasteiger charge is 2.14. The predicted octanol–water partition coefficient (Wildman–Crippen LogP) is 3.48. The summed E-state index contributed by atoms with van der Waals surface area (Å²) in [5, 5.41) is 2.82. The van der Waals surface area contributed by atoms with Crippen molar-refractivity contribution in [2.45, 2.75) is 6.92 Å². The van der Waals surface area contributed by atoms with Gasteiger partial charge in [-0.15, -0.1) is 0 Å². The van der Waals surface area contributed by atoms with E-state index in [0.29, 0.717) is 10.8 Å². The second-order valence-corrected chi connectivity index (χ2v) is 4.51. The molecule has 7 heteroatoms. The minimum absolute atomic E-state index is 0.0454. The molecule has 2 heterocycles. The van der Waals surface area contributed by atoms with Crippen molar-refractivity contribution in [3.8, 4) is 0 Å². The molecular weight excluding hydrogens is 292 g/mol. The first-order chi connectivity index (χ1) is 8.97. The Morgan fingerprint density at radius 2 is 2.00 bits per heavy atom. The van der Waals surface area contributed by atoms with Gasteiger partial charge < -0.3 is 5.32 Å². The van der Waals surface area contributed by atoms with Crippen molar-refractivity contribution < 1.29 is 9.18 Å². The van der Waals surface area contributed by atoms with E-state index in [4.69, 9.17) is 23.2 Å². The van der Waals surface area contributed by atoms with Crippen molar-refractivity contribution in [1.29, 1.82) is 0 Å². The van der Waals surface area contributed by atoms with Crippen LogP contribution in [0.15, 0.2) is 24.5 Å². The first-order valence-electron chi connectivity index (χ1n) is 5.22. The van der Waals surface area contributed by atoms with E-state index >= 15 is 0 Å². The van der Waals surface area contributed by atoms with Crippen LogP contribution in [0, 0.1) is 12.7 Å². The summed E-state index contributed by atoms with van der Waals surface area (Å²) in [6, 6.07) is 2.62. The summed E-state index contributed by atoms with van der Waals surface area (Å²) in [6.07, 6.45) is 2.35. The zero-order valence-electron chi connectivity index (χ0n) is 9.75. The fraction of sp³-hybridized carbons (Fsp3) is 0.0833. The number of carbonyl (C=O) groups is 1. The van der Waals surface area contributed by atoms with E-state index in [1.165, 1.54) is 6.20 Å². The Balaban J connectivity index is 2.28. The molecule has 1 N–H and O–H groups in total. The highest BCUT2D eigenvalue weighted by molar-refractivity contribution is 6.33. The van der Waals surface area contributed by atoms with Gasteiger partial charge in [0.05, 0.1) is 23.6 Å². The number of aromatic nitrogens is 2. The first-order valence-corrected chi connectivity index (χ1v) is 5.97. The van der Waals surface area contributed by atoms with Gasteiger partial charge in [-0.2, -0.15) is 0 Å². The van der Waals surface area contributed by atoms with Gasteiger partial charge in [0, 0.05) is 0 Å². The number of carbonyl (C=O) groups excluding carboxylic acids is 1. The number of halogens is 3. The van der Waals surface area contributed by atoms with Crippen molar-refractivity contribution in [3.63, 3.8) is 0 Å². The number of nitrogens with one attached hydrogen (secondary N) is 1. The monoisotopic (exact) mass is 299 g/mol. The van der Waals surface area contributed by atoms with Crippen LogP contribution in [-0.2, 0) is 0 Å². The number of pyridine rings is 2. The van der Waals surface area contributed by atoms with Crippen molar-refractivity contribution >= 4 is 34.8 Å². The summed E-state index contributed by atoms with van der Waals surface area (Å²) in [4.78, 5) is 19.4. The number of hydrogen-bond donors (Lipinski definition) is 1. The zero-order chi connectivity index (χ0) is 14.0. The summed E-state index contributed by atoms with van der Waals surface area (Å²) in [5.74, 6) is -1.20. The lowest BCUT2D eigenvalue weighted by Gasteiger charge is -2.08. The second-order valence-electron chi connectivity index (χ2n) is 3.77. The molecule has 0 unspecified atom stereocenters. The average molecular weight is 300 g/mol. The molecule has 0 aliphatic carbocycles. The van der Waals surface area contributed by atoms with E-state index in [1.54, 1.807) is 13.0 Å². The minimum atomic E-state index is -0.638. The van der Waals surface area contributed by atoms with Gasteiger partial charge in [-0.3, -0.25) is 4.79 Å². The van der Waals surface area contributed by atoms with Crippen molar-refractivity contribution in [2.24, 2.45) is 0 Å². The maximum atomic E-state index is 13.0. The Kier molecular flexibility index (Phi) is 3.97. The standard InChI is InChI=1S/C12H8Cl2FN3O/c1-6-2-10(13)16-5-9(6)18-12(19)8-3-7(15)4-17-11(8)14/h2-5H,1H3,(H,18,19). The predicted molar refractivity (Wildman–Crippen MR) is 71.1 cm³/mol. The molecule has 2 aromatic rings. The summed E-state index contributed by atoms with van der Waals surface area (Å²) in [5.41, 5.74) is 1.15. The molecule has 1 amide bonds. The van der Waals surface area contributed by atoms with Gasteiger partial charge in [0.25, 0.3) is 5.91 Å². The van der Waals surface area contributed by atoms with Gasteiger partial charge >= 0.3 is 0 Å². The Bertz CT molecular complexity index is 649. The van der Waals surface area contributed by atoms with Gasteiger partial charge in [0.1, 0.15) is 16.1 Å². The molecular formula is C12H8Cl2FN3O. The van der Waals surface area contributed by atoms with Crippen LogP contribution >= 0.6 is 23.2 Å². The lowest BCUT2D eigenvalue weighted by Crippen LogP contribution is -2.14. The third-order valence-electron chi connectivity index (χ3n) is 2.38. The zero-order valence-corrected chi connectivity index (χ0v) is 11.3. The quantitative estimate of drug-likeness (QED) is 0.864. The van der Waals surface area contributed by atoms with Gasteiger partial charge in [-0.05, 0) is 24.6 Å². The number of rotatable bonds is 2. The second kappa shape index (κ2) is 5.50. The Hall–Kier alpha value is -1.72. The number of hydrogen-bond acceptors (Lipinski definition) is 3. The van der Waals surface area contributed by atoms with Gasteiger partial charge in [0.2, 0.25) is 0 Å². The SMILES string of the molecule is Cc1cc(Cl)ncc1NC(=O)c1cc(F)cnc1Cl. The van der Waals surface area contributed by atoms with E-state index in [0.717, 1.165) is 17.8 Å². The van der Waals surface area contributed by atoms with Crippen LogP contribution < -0.4 is 5.32 Å². The van der Waals surface area contributed by atoms with Crippen LogP contribution in [0.1, 0.15) is 15.9 Å². The molecule has 4 nitrogen and oxygen atoms in total. The fourth-order valence-electron chi connectivity index (χ4n) is 1.42. The highest BCUT2D eigenvalue weighted by atomic mass is 35.5. The molecule has 0 aliphatic rings. The number of nitrogens with zero attached hydrogens (tertiary/aromatic N) is 2. The normalized spacial score (nSPS) is 10.3. The highest BCUT2D eigenvalue weighted by Crippen LogP contribution is 2.20. The smallest absolute Gasteiger partial charge is 0.258 e. The van der Waals surface area contributed by atoms with Crippen LogP contribution in [0.5, 0.6) is 0 Å². The van der Waals surface area contributed by atoms with Crippen molar-refractivity contribution in [3.05, 3.63) is 51.8 Å². The number of anilines is 1. The van der Waals surface area contributed by atoms with E-state index in [1.807, 2.05) is 0 Å². The lowest BCUT2D eigenvalue weighted by molar-refractivity contribution is 0.102. The van der Waals surface area contributed by atoms with E-state index in [2.05, 4.69) is 15.3 Å². The lowest BCUT2D eigenvalue weighted by atomic mass is 10.2. The first kappa shape index (κ1) is 13.7. The fourth-order valence-corrected chi connectivity index (χ4v) is 1.83. The van der Waals surface area contributed by atoms with Crippen LogP contribution in [0.4, 0.5) is 10.1 Å². The van der Waals surface area contributed by atoms with Crippen LogP contribution in [0.3, 0.4) is 0 Å². The third kappa shape index (κ3) is 3.19. The molecule has 0 atom stereocenters. The molecule has 2 aromatic heterocycles. The van der Waals surface area contributed by atoms with E-state index in [9.17, 15) is 9.18 Å². The van der Waals surface area contributed by atoms with Crippen LogP contribution in [0.25, 0.3) is 0 Å². The molecule has 2 rings (SSSR count). The van der Waals surface area contributed by atoms with Gasteiger partial charge in [-0.1, -0.05) is 23.2 Å². The van der Waals surface area contributed by atoms with Gasteiger partial charge in [0.15, 0.2) is 0 Å². The molecule has 0 aliphatic heterocycles. The molecule has 0 spiro atoms. The average Bonchev–Trinajstić information content (AvgIpc) is 2.35. The molecule has 0 saturated heterocycles. The van der Waals surface area contributed by atoms with E-state index in [-0.39, 0.29) is 10.7 Å². The topological polar surface area (TPSA) is 54.9 Å². The molecule has 98 valence electrons. The van der Waals surface area contributed by atoms with Crippen molar-refractivity contribution in [1.82, 2.24) is 9.97 Å².